The molecule has 1 unspecified atom stereocenters. The number of rotatable bonds is 7. The molecule has 0 saturated carbocycles. The predicted molar refractivity (Wildman–Crippen MR) is 71.6 cm³/mol. The Balaban J connectivity index is 0. The number of methoxy groups -OCH3 is 2. The van der Waals surface area contributed by atoms with Crippen molar-refractivity contribution < 1.29 is 58.5 Å². The van der Waals surface area contributed by atoms with Crippen LogP contribution in [-0.2, 0) is 10.1 Å². The van der Waals surface area contributed by atoms with E-state index in [0.717, 1.165) is 0 Å². The van der Waals surface area contributed by atoms with Gasteiger partial charge in [-0.2, -0.15) is 8.42 Å². The van der Waals surface area contributed by atoms with Gasteiger partial charge in [0.2, 0.25) is 0 Å². The van der Waals surface area contributed by atoms with Gasteiger partial charge in [-0.25, -0.2) is 0 Å². The van der Waals surface area contributed by atoms with E-state index in [1.807, 2.05) is 0 Å². The molecule has 0 aliphatic heterocycles. The minimum Gasteiger partial charge on any atom is -1.00 e. The van der Waals surface area contributed by atoms with E-state index >= 15 is 0 Å². The number of aliphatic hydroxyl groups excluding tert-OH is 1. The summed E-state index contributed by atoms with van der Waals surface area (Å²) in [6.45, 7) is -0.0316. The second kappa shape index (κ2) is 8.71. The molecule has 0 spiro atoms. The molecule has 3 N–H and O–H groups in total. The molecule has 1 rings (SSSR count). The van der Waals surface area contributed by atoms with Crippen LogP contribution in [0.2, 0.25) is 0 Å². The SMILES string of the molecule is COc1cc(NCC(O)CS(=O)(=O)O)cc(OC)c1.[H-].[Na+]. The zero-order valence-electron chi connectivity index (χ0n) is 12.7. The van der Waals surface area contributed by atoms with Crippen LogP contribution in [0.15, 0.2) is 18.2 Å². The summed E-state index contributed by atoms with van der Waals surface area (Å²) in [7, 11) is -1.18. The van der Waals surface area contributed by atoms with Gasteiger partial charge in [-0.15, -0.1) is 0 Å². The van der Waals surface area contributed by atoms with Gasteiger partial charge in [0.05, 0.1) is 20.3 Å². The summed E-state index contributed by atoms with van der Waals surface area (Å²) in [5.74, 6) is 0.401. The van der Waals surface area contributed by atoms with Crippen molar-refractivity contribution in [2.75, 3.05) is 31.8 Å². The Morgan fingerprint density at radius 2 is 1.75 bits per heavy atom. The largest absolute Gasteiger partial charge is 1.00 e. The minimum atomic E-state index is -4.19. The van der Waals surface area contributed by atoms with E-state index in [1.54, 1.807) is 18.2 Å². The van der Waals surface area contributed by atoms with Crippen LogP contribution in [-0.4, -0.2) is 50.7 Å². The summed E-state index contributed by atoms with van der Waals surface area (Å²) in [4.78, 5) is 0. The van der Waals surface area contributed by atoms with E-state index in [2.05, 4.69) is 5.32 Å². The molecular weight excluding hydrogens is 297 g/mol. The van der Waals surface area contributed by atoms with Gasteiger partial charge >= 0.3 is 29.6 Å². The molecule has 9 heteroatoms. The van der Waals surface area contributed by atoms with Crippen molar-refractivity contribution in [3.63, 3.8) is 0 Å². The fourth-order valence-corrected chi connectivity index (χ4v) is 2.05. The van der Waals surface area contributed by atoms with Crippen LogP contribution >= 0.6 is 0 Å². The molecule has 1 aromatic rings. The second-order valence-corrected chi connectivity index (χ2v) is 5.38. The van der Waals surface area contributed by atoms with Crippen LogP contribution in [0.4, 0.5) is 5.69 Å². The summed E-state index contributed by atoms with van der Waals surface area (Å²) in [6.07, 6.45) is -1.22. The van der Waals surface area contributed by atoms with Crippen LogP contribution in [0.5, 0.6) is 11.5 Å². The molecule has 0 amide bonds. The van der Waals surface area contributed by atoms with E-state index < -0.39 is 22.0 Å². The maximum absolute atomic E-state index is 10.6. The third-order valence-electron chi connectivity index (χ3n) is 2.30. The van der Waals surface area contributed by atoms with Crippen LogP contribution < -0.4 is 44.3 Å². The molecule has 1 aromatic carbocycles. The molecule has 0 aliphatic carbocycles. The van der Waals surface area contributed by atoms with Crippen LogP contribution in [0.1, 0.15) is 1.43 Å². The number of hydrogen-bond acceptors (Lipinski definition) is 6. The first-order valence-corrected chi connectivity index (χ1v) is 7.05. The van der Waals surface area contributed by atoms with Crippen molar-refractivity contribution in [3.05, 3.63) is 18.2 Å². The van der Waals surface area contributed by atoms with Crippen LogP contribution in [0, 0.1) is 0 Å². The maximum atomic E-state index is 10.6. The number of ether oxygens (including phenoxy) is 2. The first kappa shape index (κ1) is 19.5. The smallest absolute Gasteiger partial charge is 1.00 e. The standard InChI is InChI=1S/C11H17NO6S.Na.H/c1-17-10-3-8(4-11(5-10)18-2)12-6-9(13)7-19(14,15)16;;/h3-5,9,12-13H,6-7H2,1-2H3,(H,14,15,16);;/q;+1;-1. The summed E-state index contributed by atoms with van der Waals surface area (Å²) in [5.41, 5.74) is 0.602. The summed E-state index contributed by atoms with van der Waals surface area (Å²) in [5, 5.41) is 12.3. The third kappa shape index (κ3) is 7.32. The van der Waals surface area contributed by atoms with Crippen molar-refractivity contribution in [2.24, 2.45) is 0 Å². The molecule has 0 bridgehead atoms. The Morgan fingerprint density at radius 1 is 1.25 bits per heavy atom. The van der Waals surface area contributed by atoms with Crippen molar-refractivity contribution >= 4 is 15.8 Å². The summed E-state index contributed by atoms with van der Waals surface area (Å²) in [6, 6.07) is 5.02. The molecule has 7 nitrogen and oxygen atoms in total. The molecule has 0 heterocycles. The van der Waals surface area contributed by atoms with Crippen LogP contribution in [0.3, 0.4) is 0 Å². The quantitative estimate of drug-likeness (QED) is 0.377. The molecule has 0 aliphatic rings. The number of benzene rings is 1. The van der Waals surface area contributed by atoms with Gasteiger partial charge in [-0.05, 0) is 0 Å². The first-order valence-electron chi connectivity index (χ1n) is 5.44. The normalized spacial score (nSPS) is 12.2. The molecule has 1 atom stereocenters. The van der Waals surface area contributed by atoms with E-state index in [1.165, 1.54) is 14.2 Å². The van der Waals surface area contributed by atoms with E-state index in [4.69, 9.17) is 14.0 Å². The number of anilines is 1. The van der Waals surface area contributed by atoms with Crippen molar-refractivity contribution in [1.82, 2.24) is 0 Å². The molecule has 0 radical (unpaired) electrons. The Kier molecular flexibility index (Phi) is 8.48. The number of nitrogens with one attached hydrogen (secondary N) is 1. The maximum Gasteiger partial charge on any atom is 1.00 e. The predicted octanol–water partition coefficient (Wildman–Crippen LogP) is -2.52. The fourth-order valence-electron chi connectivity index (χ4n) is 1.45. The van der Waals surface area contributed by atoms with Gasteiger partial charge in [-0.1, -0.05) is 0 Å². The average Bonchev–Trinajstić information content (AvgIpc) is 2.33. The molecule has 0 fully saturated rings. The Labute approximate surface area is 141 Å². The van der Waals surface area contributed by atoms with Crippen molar-refractivity contribution in [2.45, 2.75) is 6.10 Å². The van der Waals surface area contributed by atoms with E-state index in [9.17, 15) is 13.5 Å². The zero-order valence-corrected chi connectivity index (χ0v) is 14.5. The molecular formula is C11H18NNaO6S. The molecule has 0 aromatic heterocycles. The Morgan fingerprint density at radius 3 is 2.15 bits per heavy atom. The second-order valence-electron chi connectivity index (χ2n) is 3.88. The van der Waals surface area contributed by atoms with Crippen molar-refractivity contribution in [1.29, 1.82) is 0 Å². The number of hydrogen-bond donors (Lipinski definition) is 3. The van der Waals surface area contributed by atoms with Gasteiger partial charge in [0.25, 0.3) is 10.1 Å². The van der Waals surface area contributed by atoms with E-state index in [0.29, 0.717) is 17.2 Å². The molecule has 110 valence electrons. The average molecular weight is 315 g/mol. The Hall–Kier alpha value is -0.510. The van der Waals surface area contributed by atoms with Gasteiger partial charge in [0, 0.05) is 30.4 Å². The Bertz CT molecular complexity index is 505. The number of aliphatic hydroxyl groups is 1. The first-order chi connectivity index (χ1) is 8.84. The van der Waals surface area contributed by atoms with E-state index in [-0.39, 0.29) is 37.5 Å². The molecule has 0 saturated heterocycles. The topological polar surface area (TPSA) is 105 Å². The van der Waals surface area contributed by atoms with Gasteiger partial charge in [-0.3, -0.25) is 4.55 Å². The van der Waals surface area contributed by atoms with Gasteiger partial charge in [0.15, 0.2) is 0 Å². The zero-order chi connectivity index (χ0) is 14.5. The summed E-state index contributed by atoms with van der Waals surface area (Å²) < 4.78 is 39.9. The van der Waals surface area contributed by atoms with Gasteiger partial charge in [0.1, 0.15) is 17.3 Å². The van der Waals surface area contributed by atoms with Gasteiger partial charge < -0.3 is 21.3 Å². The summed E-state index contributed by atoms with van der Waals surface area (Å²) >= 11 is 0. The minimum absolute atomic E-state index is 0. The third-order valence-corrected chi connectivity index (χ3v) is 3.10. The monoisotopic (exact) mass is 315 g/mol. The fraction of sp³-hybridized carbons (Fsp3) is 0.455. The molecule has 20 heavy (non-hydrogen) atoms. The van der Waals surface area contributed by atoms with Crippen molar-refractivity contribution in [3.8, 4) is 11.5 Å². The van der Waals surface area contributed by atoms with Crippen LogP contribution in [0.25, 0.3) is 0 Å².